The van der Waals surface area contributed by atoms with Crippen molar-refractivity contribution >= 4 is 44.8 Å². The van der Waals surface area contributed by atoms with Gasteiger partial charge in [0.2, 0.25) is 22.1 Å². The number of hydrogen-bond donors (Lipinski definition) is 2. The minimum absolute atomic E-state index is 0.147. The van der Waals surface area contributed by atoms with Gasteiger partial charge >= 0.3 is 0 Å². The van der Waals surface area contributed by atoms with Crippen LogP contribution in [0.1, 0.15) is 40.7 Å². The van der Waals surface area contributed by atoms with Gasteiger partial charge < -0.3 is 10.6 Å². The van der Waals surface area contributed by atoms with Crippen LogP contribution in [0.25, 0.3) is 0 Å². The maximum absolute atomic E-state index is 12.2. The summed E-state index contributed by atoms with van der Waals surface area (Å²) >= 11 is 2.87. The van der Waals surface area contributed by atoms with Gasteiger partial charge in [0.15, 0.2) is 0 Å². The highest BCUT2D eigenvalue weighted by molar-refractivity contribution is 7.15. The number of amides is 2. The number of aromatic nitrogens is 6. The molecule has 2 atom stereocenters. The number of nitrogens with zero attached hydrogens (tertiary/aromatic N) is 6. The molecule has 0 bridgehead atoms. The van der Waals surface area contributed by atoms with Gasteiger partial charge in [0.1, 0.15) is 10.0 Å². The van der Waals surface area contributed by atoms with E-state index in [9.17, 15) is 9.59 Å². The summed E-state index contributed by atoms with van der Waals surface area (Å²) in [5, 5.41) is 25.4. The first kappa shape index (κ1) is 25.0. The topological polar surface area (TPSA) is 136 Å². The van der Waals surface area contributed by atoms with Crippen LogP contribution in [-0.2, 0) is 35.3 Å². The Morgan fingerprint density at radius 3 is 1.65 bits per heavy atom. The number of anilines is 2. The van der Waals surface area contributed by atoms with Gasteiger partial charge in [-0.15, -0.1) is 20.4 Å². The van der Waals surface area contributed by atoms with Crippen LogP contribution in [-0.4, -0.2) is 42.2 Å². The van der Waals surface area contributed by atoms with Gasteiger partial charge in [-0.05, 0) is 55.4 Å². The average Bonchev–Trinajstić information content (AvgIpc) is 3.63. The minimum atomic E-state index is -0.147. The largest absolute Gasteiger partial charge is 0.300 e. The number of pyridine rings is 2. The molecule has 1 aliphatic rings. The fourth-order valence-electron chi connectivity index (χ4n) is 4.48. The van der Waals surface area contributed by atoms with E-state index in [0.29, 0.717) is 22.1 Å². The number of hydrogen-bond acceptors (Lipinski definition) is 10. The Bertz CT molecular complexity index is 1230. The van der Waals surface area contributed by atoms with Crippen LogP contribution in [0.5, 0.6) is 0 Å². The molecular formula is C25H26N8O2S2. The lowest BCUT2D eigenvalue weighted by Gasteiger charge is -2.08. The SMILES string of the molecule is O=C(Cc1ccccn1)Nc1nnc(CC2CCC(Cc3nnc(NC(=O)Cc4ccccn4)s3)C2)s1. The van der Waals surface area contributed by atoms with Gasteiger partial charge in [0.05, 0.1) is 12.8 Å². The maximum atomic E-state index is 12.2. The summed E-state index contributed by atoms with van der Waals surface area (Å²) < 4.78 is 0. The van der Waals surface area contributed by atoms with Crippen molar-refractivity contribution in [2.45, 2.75) is 44.9 Å². The molecule has 0 spiro atoms. The van der Waals surface area contributed by atoms with E-state index in [1.54, 1.807) is 12.4 Å². The Hall–Kier alpha value is -3.64. The molecule has 0 saturated heterocycles. The highest BCUT2D eigenvalue weighted by Crippen LogP contribution is 2.36. The fourth-order valence-corrected chi connectivity index (χ4v) is 6.22. The lowest BCUT2D eigenvalue weighted by Crippen LogP contribution is -2.14. The normalized spacial score (nSPS) is 17.0. The lowest BCUT2D eigenvalue weighted by atomic mass is 10.0. The van der Waals surface area contributed by atoms with Crippen LogP contribution in [0.4, 0.5) is 10.3 Å². The molecule has 2 N–H and O–H groups in total. The maximum Gasteiger partial charge on any atom is 0.232 e. The van der Waals surface area contributed by atoms with Crippen LogP contribution in [0.3, 0.4) is 0 Å². The zero-order valence-corrected chi connectivity index (χ0v) is 21.7. The Morgan fingerprint density at radius 2 is 1.22 bits per heavy atom. The van der Waals surface area contributed by atoms with Crippen LogP contribution < -0.4 is 10.6 Å². The van der Waals surface area contributed by atoms with Gasteiger partial charge in [0, 0.05) is 36.6 Å². The van der Waals surface area contributed by atoms with Gasteiger partial charge in [0.25, 0.3) is 0 Å². The summed E-state index contributed by atoms with van der Waals surface area (Å²) in [5.41, 5.74) is 1.44. The first-order valence-corrected chi connectivity index (χ1v) is 13.8. The molecule has 12 heteroatoms. The smallest absolute Gasteiger partial charge is 0.232 e. The standard InChI is InChI=1S/C25H26N8O2S2/c34-20(14-18-5-1-3-9-26-18)28-24-32-30-22(36-24)12-16-7-8-17(11-16)13-23-31-33-25(37-23)29-21(35)15-19-6-2-4-10-27-19/h1-6,9-10,16-17H,7-8,11-15H2,(H,28,32,34)(H,29,33,35). The van der Waals surface area contributed by atoms with Crippen molar-refractivity contribution in [3.63, 3.8) is 0 Å². The number of carbonyl (C=O) groups excluding carboxylic acids is 2. The quantitative estimate of drug-likeness (QED) is 0.314. The molecule has 5 rings (SSSR count). The van der Waals surface area contributed by atoms with E-state index in [1.807, 2.05) is 36.4 Å². The molecule has 2 amide bonds. The monoisotopic (exact) mass is 534 g/mol. The van der Waals surface area contributed by atoms with Gasteiger partial charge in [-0.25, -0.2) is 0 Å². The van der Waals surface area contributed by atoms with Crippen LogP contribution in [0.15, 0.2) is 48.8 Å². The third-order valence-electron chi connectivity index (χ3n) is 6.14. The number of nitrogens with one attached hydrogen (secondary N) is 2. The summed E-state index contributed by atoms with van der Waals surface area (Å²) in [7, 11) is 0. The zero-order valence-electron chi connectivity index (χ0n) is 20.0. The second-order valence-corrected chi connectivity index (χ2v) is 11.2. The Labute approximate surface area is 222 Å². The molecule has 1 saturated carbocycles. The third-order valence-corrected chi connectivity index (χ3v) is 7.86. The molecule has 1 fully saturated rings. The molecule has 190 valence electrons. The van der Waals surface area contributed by atoms with Crippen molar-refractivity contribution < 1.29 is 9.59 Å². The zero-order chi connectivity index (χ0) is 25.5. The number of carbonyl (C=O) groups is 2. The van der Waals surface area contributed by atoms with Crippen LogP contribution in [0.2, 0.25) is 0 Å². The summed E-state index contributed by atoms with van der Waals surface area (Å²) in [6.45, 7) is 0. The first-order valence-electron chi connectivity index (χ1n) is 12.1. The van der Waals surface area contributed by atoms with Crippen molar-refractivity contribution in [3.05, 3.63) is 70.2 Å². The van der Waals surface area contributed by atoms with Crippen molar-refractivity contribution in [2.75, 3.05) is 10.6 Å². The van der Waals surface area contributed by atoms with E-state index in [4.69, 9.17) is 0 Å². The molecule has 10 nitrogen and oxygen atoms in total. The molecule has 0 aromatic carbocycles. The van der Waals surface area contributed by atoms with Crippen molar-refractivity contribution in [3.8, 4) is 0 Å². The van der Waals surface area contributed by atoms with E-state index < -0.39 is 0 Å². The predicted octanol–water partition coefficient (Wildman–Crippen LogP) is 3.74. The van der Waals surface area contributed by atoms with E-state index in [-0.39, 0.29) is 24.7 Å². The molecule has 0 radical (unpaired) electrons. The van der Waals surface area contributed by atoms with E-state index in [1.165, 1.54) is 22.7 Å². The molecule has 1 aliphatic carbocycles. The van der Waals surface area contributed by atoms with Crippen molar-refractivity contribution in [1.82, 2.24) is 30.4 Å². The second-order valence-electron chi connectivity index (χ2n) is 9.05. The highest BCUT2D eigenvalue weighted by atomic mass is 32.1. The van der Waals surface area contributed by atoms with Crippen molar-refractivity contribution in [2.24, 2.45) is 11.8 Å². The Kier molecular flexibility index (Phi) is 8.16. The van der Waals surface area contributed by atoms with E-state index >= 15 is 0 Å². The highest BCUT2D eigenvalue weighted by Gasteiger charge is 2.27. The van der Waals surface area contributed by atoms with Gasteiger partial charge in [-0.3, -0.25) is 19.6 Å². The van der Waals surface area contributed by atoms with Gasteiger partial charge in [-0.1, -0.05) is 34.8 Å². The van der Waals surface area contributed by atoms with Crippen molar-refractivity contribution in [1.29, 1.82) is 0 Å². The molecule has 4 heterocycles. The summed E-state index contributed by atoms with van der Waals surface area (Å²) in [4.78, 5) is 32.9. The molecule has 4 aromatic heterocycles. The summed E-state index contributed by atoms with van der Waals surface area (Å²) in [6.07, 6.45) is 8.81. The second kappa shape index (κ2) is 12.1. The molecular weight excluding hydrogens is 508 g/mol. The Morgan fingerprint density at radius 1 is 0.730 bits per heavy atom. The number of rotatable bonds is 10. The average molecular weight is 535 g/mol. The van der Waals surface area contributed by atoms with Gasteiger partial charge in [-0.2, -0.15) is 0 Å². The molecule has 2 unspecified atom stereocenters. The minimum Gasteiger partial charge on any atom is -0.300 e. The fraction of sp³-hybridized carbons (Fsp3) is 0.360. The van der Waals surface area contributed by atoms with E-state index in [0.717, 1.165) is 53.5 Å². The Balaban J connectivity index is 1.05. The molecule has 0 aliphatic heterocycles. The molecule has 37 heavy (non-hydrogen) atoms. The summed E-state index contributed by atoms with van der Waals surface area (Å²) in [5.74, 6) is 0.763. The third kappa shape index (κ3) is 7.43. The first-order chi connectivity index (χ1) is 18.1. The summed E-state index contributed by atoms with van der Waals surface area (Å²) in [6, 6.07) is 11.0. The van der Waals surface area contributed by atoms with Crippen LogP contribution in [0, 0.1) is 11.8 Å². The lowest BCUT2D eigenvalue weighted by molar-refractivity contribution is -0.116. The van der Waals surface area contributed by atoms with E-state index in [2.05, 4.69) is 41.0 Å². The van der Waals surface area contributed by atoms with Crippen LogP contribution >= 0.6 is 22.7 Å². The molecule has 4 aromatic rings. The predicted molar refractivity (Wildman–Crippen MR) is 141 cm³/mol.